The van der Waals surface area contributed by atoms with Gasteiger partial charge in [-0.1, -0.05) is 12.1 Å². The Bertz CT molecular complexity index is 426. The summed E-state index contributed by atoms with van der Waals surface area (Å²) < 4.78 is 18.4. The van der Waals surface area contributed by atoms with Crippen molar-refractivity contribution in [2.45, 2.75) is 12.0 Å². The monoisotopic (exact) mass is 207 g/mol. The summed E-state index contributed by atoms with van der Waals surface area (Å²) in [4.78, 5) is 11.8. The molecule has 2 aliphatic heterocycles. The number of hydrogen-bond acceptors (Lipinski definition) is 3. The number of benzene rings is 1. The van der Waals surface area contributed by atoms with E-state index in [2.05, 4.69) is 0 Å². The number of fused-ring (bicyclic) bond motifs is 1. The first-order valence-corrected chi connectivity index (χ1v) is 4.91. The van der Waals surface area contributed by atoms with Crippen molar-refractivity contribution in [3.8, 4) is 5.75 Å². The van der Waals surface area contributed by atoms with Gasteiger partial charge in [0.2, 0.25) is 0 Å². The molecule has 1 spiro atoms. The SMILES string of the molecule is O=C1CC2(CN(F)C2)Oc2ccccc21. The Morgan fingerprint density at radius 2 is 2.07 bits per heavy atom. The van der Waals surface area contributed by atoms with E-state index in [1.807, 2.05) is 6.07 Å². The van der Waals surface area contributed by atoms with Gasteiger partial charge in [0.25, 0.3) is 0 Å². The lowest BCUT2D eigenvalue weighted by atomic mass is 9.85. The van der Waals surface area contributed by atoms with E-state index in [1.165, 1.54) is 0 Å². The molecule has 2 heterocycles. The number of rotatable bonds is 0. The molecule has 0 bridgehead atoms. The van der Waals surface area contributed by atoms with Crippen molar-refractivity contribution in [3.05, 3.63) is 29.8 Å². The van der Waals surface area contributed by atoms with Crippen LogP contribution in [0.3, 0.4) is 0 Å². The Kier molecular flexibility index (Phi) is 1.65. The average Bonchev–Trinajstić information content (AvgIpc) is 2.16. The minimum Gasteiger partial charge on any atom is -0.483 e. The van der Waals surface area contributed by atoms with Gasteiger partial charge in [-0.15, -0.1) is 9.60 Å². The Morgan fingerprint density at radius 3 is 2.80 bits per heavy atom. The zero-order valence-corrected chi connectivity index (χ0v) is 8.07. The fourth-order valence-corrected chi connectivity index (χ4v) is 2.20. The zero-order valence-electron chi connectivity index (χ0n) is 8.07. The van der Waals surface area contributed by atoms with Crippen LogP contribution in [0.4, 0.5) is 4.48 Å². The summed E-state index contributed by atoms with van der Waals surface area (Å²) >= 11 is 0. The number of hydrogen-bond donors (Lipinski definition) is 0. The lowest BCUT2D eigenvalue weighted by Crippen LogP contribution is -2.64. The second-order valence-electron chi connectivity index (χ2n) is 4.16. The van der Waals surface area contributed by atoms with E-state index in [0.717, 1.165) is 0 Å². The Labute approximate surface area is 86.4 Å². The van der Waals surface area contributed by atoms with E-state index in [-0.39, 0.29) is 25.3 Å². The van der Waals surface area contributed by atoms with Crippen molar-refractivity contribution in [1.82, 2.24) is 5.12 Å². The zero-order chi connectivity index (χ0) is 10.5. The van der Waals surface area contributed by atoms with Crippen LogP contribution in [0.25, 0.3) is 0 Å². The summed E-state index contributed by atoms with van der Waals surface area (Å²) in [5.41, 5.74) is 0.000586. The number of para-hydroxylation sites is 1. The maximum absolute atomic E-state index is 12.7. The predicted molar refractivity (Wildman–Crippen MR) is 51.4 cm³/mol. The molecule has 1 aromatic carbocycles. The summed E-state index contributed by atoms with van der Waals surface area (Å²) in [6.45, 7) is 0.375. The summed E-state index contributed by atoms with van der Waals surface area (Å²) in [7, 11) is 0. The molecule has 3 rings (SSSR count). The molecule has 0 unspecified atom stereocenters. The molecule has 3 nitrogen and oxygen atoms in total. The van der Waals surface area contributed by atoms with Crippen molar-refractivity contribution >= 4 is 5.78 Å². The number of nitrogens with zero attached hydrogens (tertiary/aromatic N) is 1. The van der Waals surface area contributed by atoms with Crippen LogP contribution in [-0.2, 0) is 0 Å². The Hall–Kier alpha value is -1.42. The summed E-state index contributed by atoms with van der Waals surface area (Å²) in [5.74, 6) is 0.631. The molecule has 1 aromatic rings. The number of carbonyl (C=O) groups excluding carboxylic acids is 1. The van der Waals surface area contributed by atoms with Gasteiger partial charge in [0.15, 0.2) is 5.78 Å². The van der Waals surface area contributed by atoms with Crippen molar-refractivity contribution < 1.29 is 14.0 Å². The molecule has 4 heteroatoms. The molecule has 0 saturated carbocycles. The van der Waals surface area contributed by atoms with Gasteiger partial charge in [-0.05, 0) is 12.1 Å². The van der Waals surface area contributed by atoms with Crippen molar-refractivity contribution in [3.63, 3.8) is 0 Å². The minimum absolute atomic E-state index is 0.0463. The lowest BCUT2D eigenvalue weighted by molar-refractivity contribution is -0.170. The smallest absolute Gasteiger partial charge is 0.170 e. The molecular weight excluding hydrogens is 197 g/mol. The summed E-state index contributed by atoms with van der Waals surface area (Å²) in [6, 6.07) is 7.13. The lowest BCUT2D eigenvalue weighted by Gasteiger charge is -2.46. The maximum Gasteiger partial charge on any atom is 0.170 e. The molecule has 15 heavy (non-hydrogen) atoms. The van der Waals surface area contributed by atoms with E-state index < -0.39 is 5.60 Å². The van der Waals surface area contributed by atoms with Gasteiger partial charge in [-0.2, -0.15) is 0 Å². The molecule has 1 fully saturated rings. The first-order valence-electron chi connectivity index (χ1n) is 4.91. The normalized spacial score (nSPS) is 23.1. The van der Waals surface area contributed by atoms with Gasteiger partial charge >= 0.3 is 0 Å². The van der Waals surface area contributed by atoms with E-state index in [1.54, 1.807) is 18.2 Å². The molecule has 0 aliphatic carbocycles. The van der Waals surface area contributed by atoms with Crippen LogP contribution < -0.4 is 4.74 Å². The third-order valence-corrected chi connectivity index (χ3v) is 2.92. The number of ketones is 1. The fourth-order valence-electron chi connectivity index (χ4n) is 2.20. The average molecular weight is 207 g/mol. The van der Waals surface area contributed by atoms with Crippen LogP contribution in [0.15, 0.2) is 24.3 Å². The second-order valence-corrected chi connectivity index (χ2v) is 4.16. The fraction of sp³-hybridized carbons (Fsp3) is 0.364. The van der Waals surface area contributed by atoms with Gasteiger partial charge in [0.05, 0.1) is 25.1 Å². The van der Waals surface area contributed by atoms with Gasteiger partial charge in [0.1, 0.15) is 11.4 Å². The molecule has 0 aromatic heterocycles. The van der Waals surface area contributed by atoms with E-state index >= 15 is 0 Å². The Morgan fingerprint density at radius 1 is 1.33 bits per heavy atom. The number of halogens is 1. The molecular formula is C11H10FNO2. The highest BCUT2D eigenvalue weighted by molar-refractivity contribution is 6.00. The standard InChI is InChI=1S/C11H10FNO2/c12-13-6-11(7-13)5-9(14)8-3-1-2-4-10(8)15-11/h1-4H,5-7H2. The van der Waals surface area contributed by atoms with Gasteiger partial charge < -0.3 is 4.74 Å². The van der Waals surface area contributed by atoms with E-state index in [0.29, 0.717) is 16.4 Å². The third kappa shape index (κ3) is 1.25. The van der Waals surface area contributed by atoms with Crippen LogP contribution in [0, 0.1) is 0 Å². The first-order chi connectivity index (χ1) is 7.19. The highest BCUT2D eigenvalue weighted by atomic mass is 19.2. The molecule has 0 amide bonds. The largest absolute Gasteiger partial charge is 0.483 e. The van der Waals surface area contributed by atoms with Crippen LogP contribution in [0.5, 0.6) is 5.75 Å². The van der Waals surface area contributed by atoms with Crippen LogP contribution >= 0.6 is 0 Å². The molecule has 0 radical (unpaired) electrons. The third-order valence-electron chi connectivity index (χ3n) is 2.92. The van der Waals surface area contributed by atoms with Crippen LogP contribution in [-0.4, -0.2) is 29.6 Å². The highest BCUT2D eigenvalue weighted by Gasteiger charge is 2.50. The van der Waals surface area contributed by atoms with E-state index in [9.17, 15) is 9.28 Å². The van der Waals surface area contributed by atoms with Crippen LogP contribution in [0.1, 0.15) is 16.8 Å². The topological polar surface area (TPSA) is 29.5 Å². The van der Waals surface area contributed by atoms with Crippen molar-refractivity contribution in [2.75, 3.05) is 13.1 Å². The van der Waals surface area contributed by atoms with Crippen LogP contribution in [0.2, 0.25) is 0 Å². The molecule has 0 atom stereocenters. The summed E-state index contributed by atoms with van der Waals surface area (Å²) in [6.07, 6.45) is 0.282. The predicted octanol–water partition coefficient (Wildman–Crippen LogP) is 1.59. The minimum atomic E-state index is -0.611. The number of Topliss-reactive ketones (excluding diaryl/α,β-unsaturated/α-hetero) is 1. The Balaban J connectivity index is 1.97. The molecule has 0 N–H and O–H groups in total. The van der Waals surface area contributed by atoms with Gasteiger partial charge in [-0.25, -0.2) is 0 Å². The molecule has 78 valence electrons. The highest BCUT2D eigenvalue weighted by Crippen LogP contribution is 2.38. The van der Waals surface area contributed by atoms with Crippen molar-refractivity contribution in [1.29, 1.82) is 0 Å². The quantitative estimate of drug-likeness (QED) is 0.605. The maximum atomic E-state index is 12.7. The second kappa shape index (κ2) is 2.79. The number of ether oxygens (including phenoxy) is 1. The van der Waals surface area contributed by atoms with Gasteiger partial charge in [0, 0.05) is 0 Å². The first kappa shape index (κ1) is 8.85. The van der Waals surface area contributed by atoms with Gasteiger partial charge in [-0.3, -0.25) is 4.79 Å². The van der Waals surface area contributed by atoms with E-state index in [4.69, 9.17) is 4.74 Å². The molecule has 2 aliphatic rings. The summed E-state index contributed by atoms with van der Waals surface area (Å²) in [5, 5.41) is 0.668. The van der Waals surface area contributed by atoms with Crippen molar-refractivity contribution in [2.24, 2.45) is 0 Å². The number of carbonyl (C=O) groups is 1. The molecule has 1 saturated heterocycles.